The van der Waals surface area contributed by atoms with Gasteiger partial charge < -0.3 is 16.8 Å². The number of rotatable bonds is 7. The van der Waals surface area contributed by atoms with E-state index in [1.54, 1.807) is 18.2 Å². The Labute approximate surface area is 188 Å². The van der Waals surface area contributed by atoms with E-state index in [0.29, 0.717) is 23.1 Å². The van der Waals surface area contributed by atoms with E-state index in [1.165, 1.54) is 5.56 Å². The molecule has 3 aromatic rings. The Morgan fingerprint density at radius 1 is 0.781 bits per heavy atom. The lowest BCUT2D eigenvalue weighted by Gasteiger charge is -2.27. The number of hydrogen-bond acceptors (Lipinski definition) is 4. The van der Waals surface area contributed by atoms with Crippen LogP contribution in [0.4, 0.5) is 0 Å². The van der Waals surface area contributed by atoms with Gasteiger partial charge in [-0.3, -0.25) is 14.5 Å². The molecule has 0 unspecified atom stereocenters. The number of carbonyl (C=O) groups excluding carboxylic acids is 2. The molecule has 1 saturated heterocycles. The maximum absolute atomic E-state index is 11.9. The van der Waals surface area contributed by atoms with Crippen LogP contribution in [0.25, 0.3) is 11.1 Å². The zero-order valence-electron chi connectivity index (χ0n) is 18.0. The Bertz CT molecular complexity index is 1100. The Morgan fingerprint density at radius 3 is 1.91 bits per heavy atom. The van der Waals surface area contributed by atoms with E-state index in [0.717, 1.165) is 49.4 Å². The number of nitrogens with one attached hydrogen (secondary N) is 1. The minimum absolute atomic E-state index is 0.324. The number of piperazine rings is 1. The van der Waals surface area contributed by atoms with Crippen molar-refractivity contribution in [3.8, 4) is 11.1 Å². The van der Waals surface area contributed by atoms with E-state index in [-0.39, 0.29) is 0 Å². The highest BCUT2D eigenvalue weighted by Gasteiger charge is 2.17. The van der Waals surface area contributed by atoms with E-state index >= 15 is 0 Å². The minimum atomic E-state index is -0.570. The zero-order valence-corrected chi connectivity index (χ0v) is 18.0. The lowest BCUT2D eigenvalue weighted by atomic mass is 9.92. The lowest BCUT2D eigenvalue weighted by molar-refractivity contribution is 0.0999. The molecule has 1 aliphatic rings. The van der Waals surface area contributed by atoms with Gasteiger partial charge in [0.05, 0.1) is 0 Å². The van der Waals surface area contributed by atoms with Gasteiger partial charge in [0, 0.05) is 43.9 Å². The first-order valence-electron chi connectivity index (χ1n) is 10.8. The molecule has 1 aliphatic heterocycles. The number of primary amides is 2. The third kappa shape index (κ3) is 5.04. The summed E-state index contributed by atoms with van der Waals surface area (Å²) in [6.45, 7) is 5.11. The first kappa shape index (κ1) is 21.7. The van der Waals surface area contributed by atoms with E-state index in [9.17, 15) is 9.59 Å². The van der Waals surface area contributed by atoms with Crippen LogP contribution in [-0.4, -0.2) is 42.9 Å². The number of benzene rings is 3. The van der Waals surface area contributed by atoms with Crippen LogP contribution in [0, 0.1) is 0 Å². The third-order valence-corrected chi connectivity index (χ3v) is 5.89. The third-order valence-electron chi connectivity index (χ3n) is 5.89. The summed E-state index contributed by atoms with van der Waals surface area (Å²) in [6, 6.07) is 21.6. The molecular weight excluding hydrogens is 400 g/mol. The molecule has 4 rings (SSSR count). The SMILES string of the molecule is NC(=O)c1cccc(C(N)=O)c1Cc1cccc(-c2cccc(CN3CCNCC3)c2)c1. The number of carbonyl (C=O) groups is 2. The summed E-state index contributed by atoms with van der Waals surface area (Å²) in [7, 11) is 0. The average Bonchev–Trinajstić information content (AvgIpc) is 2.80. The zero-order chi connectivity index (χ0) is 22.5. The number of hydrogen-bond donors (Lipinski definition) is 3. The molecule has 0 saturated carbocycles. The molecule has 6 heteroatoms. The molecule has 0 atom stereocenters. The molecule has 1 heterocycles. The maximum atomic E-state index is 11.9. The fraction of sp³-hybridized carbons (Fsp3) is 0.231. The van der Waals surface area contributed by atoms with Gasteiger partial charge in [0.25, 0.3) is 0 Å². The summed E-state index contributed by atoms with van der Waals surface area (Å²) in [6.07, 6.45) is 0.395. The van der Waals surface area contributed by atoms with Gasteiger partial charge in [0.1, 0.15) is 0 Å². The van der Waals surface area contributed by atoms with Crippen LogP contribution in [0.15, 0.2) is 66.7 Å². The fourth-order valence-corrected chi connectivity index (χ4v) is 4.28. The van der Waals surface area contributed by atoms with Crippen molar-refractivity contribution >= 4 is 11.8 Å². The fourth-order valence-electron chi connectivity index (χ4n) is 4.28. The van der Waals surface area contributed by atoms with Crippen molar-refractivity contribution in [3.63, 3.8) is 0 Å². The molecule has 0 aliphatic carbocycles. The van der Waals surface area contributed by atoms with Crippen molar-refractivity contribution in [2.75, 3.05) is 26.2 Å². The summed E-state index contributed by atoms with van der Waals surface area (Å²) in [4.78, 5) is 26.3. The molecule has 0 bridgehead atoms. The number of nitrogens with two attached hydrogens (primary N) is 2. The molecule has 1 fully saturated rings. The van der Waals surface area contributed by atoms with Crippen LogP contribution in [0.1, 0.15) is 37.4 Å². The van der Waals surface area contributed by atoms with Crippen LogP contribution in [0.3, 0.4) is 0 Å². The molecule has 5 N–H and O–H groups in total. The van der Waals surface area contributed by atoms with E-state index in [1.807, 2.05) is 12.1 Å². The Kier molecular flexibility index (Phi) is 6.63. The van der Waals surface area contributed by atoms with Gasteiger partial charge >= 0.3 is 0 Å². The Morgan fingerprint density at radius 2 is 1.31 bits per heavy atom. The van der Waals surface area contributed by atoms with E-state index in [2.05, 4.69) is 46.6 Å². The Balaban J connectivity index is 1.61. The molecule has 0 radical (unpaired) electrons. The summed E-state index contributed by atoms with van der Waals surface area (Å²) < 4.78 is 0. The molecule has 164 valence electrons. The summed E-state index contributed by atoms with van der Waals surface area (Å²) in [5, 5.41) is 3.39. The first-order valence-corrected chi connectivity index (χ1v) is 10.8. The standard InChI is InChI=1S/C26H28N4O2/c27-25(31)22-8-3-9-23(26(28)32)24(22)16-18-4-1-6-20(14-18)21-7-2-5-19(15-21)17-30-12-10-29-11-13-30/h1-9,14-15,29H,10-13,16-17H2,(H2,27,31)(H2,28,32). The molecule has 6 nitrogen and oxygen atoms in total. The van der Waals surface area contributed by atoms with E-state index in [4.69, 9.17) is 11.5 Å². The smallest absolute Gasteiger partial charge is 0.249 e. The summed E-state index contributed by atoms with van der Waals surface area (Å²) >= 11 is 0. The second-order valence-corrected chi connectivity index (χ2v) is 8.16. The first-order chi connectivity index (χ1) is 15.5. The molecule has 0 spiro atoms. The highest BCUT2D eigenvalue weighted by molar-refractivity contribution is 6.01. The lowest BCUT2D eigenvalue weighted by Crippen LogP contribution is -2.42. The summed E-state index contributed by atoms with van der Waals surface area (Å²) in [5.41, 5.74) is 16.8. The van der Waals surface area contributed by atoms with E-state index < -0.39 is 11.8 Å². The molecule has 32 heavy (non-hydrogen) atoms. The highest BCUT2D eigenvalue weighted by Crippen LogP contribution is 2.25. The van der Waals surface area contributed by atoms with Crippen LogP contribution >= 0.6 is 0 Å². The summed E-state index contributed by atoms with van der Waals surface area (Å²) in [5.74, 6) is -1.14. The van der Waals surface area contributed by atoms with Crippen molar-refractivity contribution in [3.05, 3.63) is 94.5 Å². The predicted molar refractivity (Wildman–Crippen MR) is 126 cm³/mol. The quantitative estimate of drug-likeness (QED) is 0.538. The second kappa shape index (κ2) is 9.77. The van der Waals surface area contributed by atoms with Crippen LogP contribution in [0.2, 0.25) is 0 Å². The topological polar surface area (TPSA) is 101 Å². The van der Waals surface area contributed by atoms with Gasteiger partial charge in [-0.25, -0.2) is 0 Å². The van der Waals surface area contributed by atoms with Gasteiger partial charge in [-0.05, 0) is 52.4 Å². The highest BCUT2D eigenvalue weighted by atomic mass is 16.1. The van der Waals surface area contributed by atoms with Crippen molar-refractivity contribution in [2.24, 2.45) is 11.5 Å². The van der Waals surface area contributed by atoms with Gasteiger partial charge in [0.2, 0.25) is 11.8 Å². The monoisotopic (exact) mass is 428 g/mol. The molecule has 3 aromatic carbocycles. The molecular formula is C26H28N4O2. The van der Waals surface area contributed by atoms with Gasteiger partial charge in [0.15, 0.2) is 0 Å². The van der Waals surface area contributed by atoms with Gasteiger partial charge in [-0.1, -0.05) is 48.5 Å². The number of amides is 2. The predicted octanol–water partition coefficient (Wildman–Crippen LogP) is 2.55. The van der Waals surface area contributed by atoms with Crippen LogP contribution in [0.5, 0.6) is 0 Å². The average molecular weight is 429 g/mol. The molecule has 0 aromatic heterocycles. The number of nitrogens with zero attached hydrogens (tertiary/aromatic N) is 1. The van der Waals surface area contributed by atoms with Crippen molar-refractivity contribution in [1.29, 1.82) is 0 Å². The van der Waals surface area contributed by atoms with Crippen molar-refractivity contribution in [2.45, 2.75) is 13.0 Å². The van der Waals surface area contributed by atoms with Crippen LogP contribution < -0.4 is 16.8 Å². The van der Waals surface area contributed by atoms with Crippen LogP contribution in [-0.2, 0) is 13.0 Å². The second-order valence-electron chi connectivity index (χ2n) is 8.16. The Hall–Kier alpha value is -3.48. The van der Waals surface area contributed by atoms with Crippen molar-refractivity contribution < 1.29 is 9.59 Å². The minimum Gasteiger partial charge on any atom is -0.366 e. The normalized spacial score (nSPS) is 14.2. The molecule has 2 amide bonds. The van der Waals surface area contributed by atoms with Gasteiger partial charge in [-0.2, -0.15) is 0 Å². The van der Waals surface area contributed by atoms with Crippen molar-refractivity contribution in [1.82, 2.24) is 10.2 Å². The largest absolute Gasteiger partial charge is 0.366 e. The maximum Gasteiger partial charge on any atom is 0.249 e. The van der Waals surface area contributed by atoms with Gasteiger partial charge in [-0.15, -0.1) is 0 Å².